The molecule has 0 radical (unpaired) electrons. The number of rotatable bonds is 12. The van der Waals surface area contributed by atoms with Gasteiger partial charge in [-0.1, -0.05) is 85.8 Å². The lowest BCUT2D eigenvalue weighted by Crippen LogP contribution is -2.30. The Bertz CT molecular complexity index is 2150. The lowest BCUT2D eigenvalue weighted by atomic mass is 9.88. The van der Waals surface area contributed by atoms with E-state index in [9.17, 15) is 19.2 Å². The lowest BCUT2D eigenvalue weighted by Gasteiger charge is -2.19. The highest BCUT2D eigenvalue weighted by Gasteiger charge is 2.31. The summed E-state index contributed by atoms with van der Waals surface area (Å²) < 4.78 is 5.44. The predicted molar refractivity (Wildman–Crippen MR) is 213 cm³/mol. The third-order valence-electron chi connectivity index (χ3n) is 8.93. The van der Waals surface area contributed by atoms with Crippen LogP contribution in [0.4, 0.5) is 10.7 Å². The van der Waals surface area contributed by atoms with Gasteiger partial charge in [-0.25, -0.2) is 4.79 Å². The molecule has 4 aromatic carbocycles. The maximum atomic E-state index is 14.2. The number of ether oxygens (including phenoxy) is 1. The van der Waals surface area contributed by atoms with Crippen molar-refractivity contribution < 1.29 is 23.9 Å². The van der Waals surface area contributed by atoms with Gasteiger partial charge in [0.25, 0.3) is 11.8 Å². The Labute approximate surface area is 318 Å². The highest BCUT2D eigenvalue weighted by molar-refractivity contribution is 8.00. The van der Waals surface area contributed by atoms with E-state index in [0.29, 0.717) is 27.7 Å². The molecule has 0 aliphatic heterocycles. The summed E-state index contributed by atoms with van der Waals surface area (Å²) in [6, 6.07) is 33.0. The number of anilines is 2. The molecule has 53 heavy (non-hydrogen) atoms. The first-order valence-corrected chi connectivity index (χ1v) is 19.3. The highest BCUT2D eigenvalue weighted by atomic mass is 32.2. The molecule has 10 heteroatoms. The van der Waals surface area contributed by atoms with Gasteiger partial charge in [0.05, 0.1) is 12.2 Å². The van der Waals surface area contributed by atoms with Crippen LogP contribution in [0.3, 0.4) is 0 Å². The smallest absolute Gasteiger partial charge is 0.341 e. The van der Waals surface area contributed by atoms with E-state index < -0.39 is 23.0 Å². The van der Waals surface area contributed by atoms with E-state index in [-0.39, 0.29) is 18.2 Å². The monoisotopic (exact) mass is 743 g/mol. The summed E-state index contributed by atoms with van der Waals surface area (Å²) in [6.07, 6.45) is 4.26. The summed E-state index contributed by atoms with van der Waals surface area (Å²) in [4.78, 5) is 56.2. The minimum atomic E-state index is -0.683. The average molecular weight is 744 g/mol. The normalized spacial score (nSPS) is 14.4. The van der Waals surface area contributed by atoms with Crippen LogP contribution in [0.1, 0.15) is 73.4 Å². The third kappa shape index (κ3) is 9.32. The molecule has 5 aromatic rings. The van der Waals surface area contributed by atoms with E-state index in [2.05, 4.69) is 22.9 Å². The number of esters is 1. The van der Waals surface area contributed by atoms with Crippen LogP contribution >= 0.6 is 23.1 Å². The van der Waals surface area contributed by atoms with Crippen LogP contribution in [-0.4, -0.2) is 30.3 Å². The van der Waals surface area contributed by atoms with Gasteiger partial charge in [0, 0.05) is 21.0 Å². The van der Waals surface area contributed by atoms with Crippen LogP contribution in [0.2, 0.25) is 0 Å². The second kappa shape index (κ2) is 17.4. The van der Waals surface area contributed by atoms with Crippen molar-refractivity contribution in [1.82, 2.24) is 5.32 Å². The molecule has 0 saturated heterocycles. The quantitative estimate of drug-likeness (QED) is 0.0667. The average Bonchev–Trinajstić information content (AvgIpc) is 3.52. The molecule has 2 atom stereocenters. The van der Waals surface area contributed by atoms with Crippen molar-refractivity contribution in [3.63, 3.8) is 0 Å². The molecule has 1 heterocycles. The number of benzene rings is 4. The van der Waals surface area contributed by atoms with Crippen LogP contribution in [0.5, 0.6) is 0 Å². The maximum absolute atomic E-state index is 14.2. The zero-order chi connectivity index (χ0) is 37.3. The third-order valence-corrected chi connectivity index (χ3v) is 11.3. The van der Waals surface area contributed by atoms with Crippen molar-refractivity contribution in [2.45, 2.75) is 50.2 Å². The Morgan fingerprint density at radius 3 is 2.36 bits per heavy atom. The Balaban J connectivity index is 1.25. The molecule has 1 aliphatic carbocycles. The summed E-state index contributed by atoms with van der Waals surface area (Å²) in [5.74, 6) is -1.11. The van der Waals surface area contributed by atoms with Gasteiger partial charge in [0.1, 0.15) is 15.9 Å². The number of thioether (sulfide) groups is 1. The molecular weight excluding hydrogens is 703 g/mol. The number of nitrogens with one attached hydrogen (secondary N) is 3. The SMILES string of the molecule is CCOC(=O)c1c(NC(=O)C(Sc2cccc(NC(=O)/C(=C/c3ccccc3C)NC(=O)c3ccccc3)c2)c2ccccc2)sc2c1CCC(C)C2. The summed E-state index contributed by atoms with van der Waals surface area (Å²) in [5, 5.41) is 8.67. The first-order valence-electron chi connectivity index (χ1n) is 17.6. The van der Waals surface area contributed by atoms with E-state index in [1.807, 2.05) is 73.7 Å². The lowest BCUT2D eigenvalue weighted by molar-refractivity contribution is -0.116. The number of fused-ring (bicyclic) bond motifs is 1. The molecule has 8 nitrogen and oxygen atoms in total. The van der Waals surface area contributed by atoms with Gasteiger partial charge in [-0.3, -0.25) is 14.4 Å². The second-order valence-electron chi connectivity index (χ2n) is 12.9. The summed E-state index contributed by atoms with van der Waals surface area (Å²) in [7, 11) is 0. The number of carbonyl (C=O) groups is 4. The maximum Gasteiger partial charge on any atom is 0.341 e. The minimum absolute atomic E-state index is 0.0817. The van der Waals surface area contributed by atoms with Crippen molar-refractivity contribution in [2.75, 3.05) is 17.2 Å². The first kappa shape index (κ1) is 37.3. The molecule has 3 amide bonds. The molecule has 1 aromatic heterocycles. The molecule has 0 saturated carbocycles. The number of hydrogen-bond acceptors (Lipinski definition) is 7. The van der Waals surface area contributed by atoms with E-state index in [4.69, 9.17) is 4.74 Å². The van der Waals surface area contributed by atoms with Gasteiger partial charge < -0.3 is 20.7 Å². The summed E-state index contributed by atoms with van der Waals surface area (Å²) in [6.45, 7) is 6.15. The first-order chi connectivity index (χ1) is 25.7. The molecule has 1 aliphatic rings. The molecule has 270 valence electrons. The predicted octanol–water partition coefficient (Wildman–Crippen LogP) is 9.24. The van der Waals surface area contributed by atoms with Crippen molar-refractivity contribution in [1.29, 1.82) is 0 Å². The Morgan fingerprint density at radius 1 is 0.906 bits per heavy atom. The van der Waals surface area contributed by atoms with Crippen LogP contribution in [-0.2, 0) is 27.2 Å². The van der Waals surface area contributed by atoms with E-state index in [0.717, 1.165) is 51.3 Å². The number of thiophene rings is 1. The fraction of sp³-hybridized carbons (Fsp3) is 0.209. The molecule has 0 fully saturated rings. The topological polar surface area (TPSA) is 114 Å². The zero-order valence-electron chi connectivity index (χ0n) is 29.8. The molecule has 0 spiro atoms. The van der Waals surface area contributed by atoms with Crippen molar-refractivity contribution in [2.24, 2.45) is 5.92 Å². The molecule has 3 N–H and O–H groups in total. The van der Waals surface area contributed by atoms with Crippen molar-refractivity contribution >= 4 is 63.6 Å². The standard InChI is InChI=1S/C43H41N3O5S2/c1-4-51-43(50)37-34-23-22-27(2)24-36(34)53-42(37)46-41(49)38(29-15-7-5-8-16-29)52-33-21-13-20-32(26-33)44-40(48)35(25-31-19-12-11-14-28(31)3)45-39(47)30-17-9-6-10-18-30/h5-21,25-27,38H,4,22-24H2,1-3H3,(H,44,48)(H,45,47)(H,46,49)/b35-25-. The number of amides is 3. The Morgan fingerprint density at radius 2 is 1.62 bits per heavy atom. The van der Waals surface area contributed by atoms with Crippen LogP contribution in [0.25, 0.3) is 6.08 Å². The van der Waals surface area contributed by atoms with Gasteiger partial charge in [0.2, 0.25) is 5.91 Å². The van der Waals surface area contributed by atoms with Crippen molar-refractivity contribution in [3.05, 3.63) is 153 Å². The van der Waals surface area contributed by atoms with Gasteiger partial charge in [0.15, 0.2) is 0 Å². The van der Waals surface area contributed by atoms with Crippen molar-refractivity contribution in [3.8, 4) is 0 Å². The van der Waals surface area contributed by atoms with Gasteiger partial charge in [-0.2, -0.15) is 0 Å². The van der Waals surface area contributed by atoms with E-state index in [1.54, 1.807) is 55.5 Å². The van der Waals surface area contributed by atoms with Gasteiger partial charge in [-0.05, 0) is 97.7 Å². The van der Waals surface area contributed by atoms with Gasteiger partial charge >= 0.3 is 5.97 Å². The van der Waals surface area contributed by atoms with Crippen LogP contribution < -0.4 is 16.0 Å². The zero-order valence-corrected chi connectivity index (χ0v) is 31.4. The molecule has 2 unspecified atom stereocenters. The fourth-order valence-electron chi connectivity index (χ4n) is 6.16. The molecule has 0 bridgehead atoms. The summed E-state index contributed by atoms with van der Waals surface area (Å²) >= 11 is 2.79. The molecule has 6 rings (SSSR count). The Kier molecular flexibility index (Phi) is 12.2. The number of carbonyl (C=O) groups excluding carboxylic acids is 4. The minimum Gasteiger partial charge on any atom is -0.462 e. The van der Waals surface area contributed by atoms with Crippen LogP contribution in [0.15, 0.2) is 120 Å². The molecular formula is C43H41N3O5S2. The van der Waals surface area contributed by atoms with Gasteiger partial charge in [-0.15, -0.1) is 23.1 Å². The summed E-state index contributed by atoms with van der Waals surface area (Å²) in [5.41, 5.74) is 4.95. The highest BCUT2D eigenvalue weighted by Crippen LogP contribution is 2.42. The van der Waals surface area contributed by atoms with E-state index in [1.165, 1.54) is 23.1 Å². The van der Waals surface area contributed by atoms with Crippen LogP contribution in [0, 0.1) is 12.8 Å². The number of aryl methyl sites for hydroxylation is 1. The largest absolute Gasteiger partial charge is 0.462 e. The van der Waals surface area contributed by atoms with E-state index >= 15 is 0 Å². The number of hydrogen-bond donors (Lipinski definition) is 3. The second-order valence-corrected chi connectivity index (χ2v) is 15.2. The Hall–Kier alpha value is -5.45. The fourth-order valence-corrected chi connectivity index (χ4v) is 8.65.